The standard InChI is InChI=1S/C31H50/c1-3-5-7-9-25-12-16-27(17-13-25)29-19-21-30-22-28(18-20-31(30)23-29)26-14-10-24(11-15-26)8-6-4-2/h10-11,14-15,25,27-31H,3-9,12-13,16-23H2,1-2H3. The third kappa shape index (κ3) is 6.39. The molecule has 31 heavy (non-hydrogen) atoms. The predicted molar refractivity (Wildman–Crippen MR) is 136 cm³/mol. The average Bonchev–Trinajstić information content (AvgIpc) is 2.83. The summed E-state index contributed by atoms with van der Waals surface area (Å²) in [6.45, 7) is 4.63. The van der Waals surface area contributed by atoms with Crippen LogP contribution >= 0.6 is 0 Å². The summed E-state index contributed by atoms with van der Waals surface area (Å²) in [5.74, 6) is 6.16. The summed E-state index contributed by atoms with van der Waals surface area (Å²) in [5.41, 5.74) is 3.18. The van der Waals surface area contributed by atoms with Gasteiger partial charge in [-0.2, -0.15) is 0 Å². The monoisotopic (exact) mass is 422 g/mol. The minimum atomic E-state index is 0.844. The van der Waals surface area contributed by atoms with E-state index in [1.165, 1.54) is 70.6 Å². The van der Waals surface area contributed by atoms with Crippen LogP contribution < -0.4 is 0 Å². The lowest BCUT2D eigenvalue weighted by atomic mass is 9.60. The van der Waals surface area contributed by atoms with Gasteiger partial charge in [-0.3, -0.25) is 0 Å². The Morgan fingerprint density at radius 1 is 0.613 bits per heavy atom. The van der Waals surface area contributed by atoms with Crippen molar-refractivity contribution in [2.75, 3.05) is 0 Å². The summed E-state index contributed by atoms with van der Waals surface area (Å²) in [5, 5.41) is 0. The zero-order valence-electron chi connectivity index (χ0n) is 20.8. The van der Waals surface area contributed by atoms with Gasteiger partial charge in [0.05, 0.1) is 0 Å². The smallest absolute Gasteiger partial charge is 0.0159 e. The first-order chi connectivity index (χ1) is 15.3. The number of hydrogen-bond donors (Lipinski definition) is 0. The Balaban J connectivity index is 1.22. The van der Waals surface area contributed by atoms with Crippen molar-refractivity contribution in [1.82, 2.24) is 0 Å². The molecule has 3 aliphatic carbocycles. The summed E-state index contributed by atoms with van der Waals surface area (Å²) in [4.78, 5) is 0. The SMILES string of the molecule is CCCCCC1CCC(C2CCC3CC(c4ccc(CCCC)cc4)CCC3C2)CC1. The van der Waals surface area contributed by atoms with Crippen molar-refractivity contribution in [1.29, 1.82) is 0 Å². The van der Waals surface area contributed by atoms with Crippen LogP contribution in [-0.2, 0) is 6.42 Å². The maximum Gasteiger partial charge on any atom is -0.0159 e. The second-order valence-corrected chi connectivity index (χ2v) is 11.7. The number of unbranched alkanes of at least 4 members (excludes halogenated alkanes) is 3. The zero-order valence-corrected chi connectivity index (χ0v) is 20.8. The van der Waals surface area contributed by atoms with E-state index in [0.717, 1.165) is 35.5 Å². The predicted octanol–water partition coefficient (Wildman–Crippen LogP) is 9.72. The topological polar surface area (TPSA) is 0 Å². The highest BCUT2D eigenvalue weighted by molar-refractivity contribution is 5.26. The molecule has 0 heteroatoms. The van der Waals surface area contributed by atoms with E-state index in [-0.39, 0.29) is 0 Å². The Kier molecular flexibility index (Phi) is 8.98. The van der Waals surface area contributed by atoms with E-state index < -0.39 is 0 Å². The van der Waals surface area contributed by atoms with Crippen LogP contribution in [-0.4, -0.2) is 0 Å². The van der Waals surface area contributed by atoms with Crippen LogP contribution in [0, 0.1) is 29.6 Å². The minimum absolute atomic E-state index is 0.844. The summed E-state index contributed by atoms with van der Waals surface area (Å²) in [6, 6.07) is 9.79. The van der Waals surface area contributed by atoms with Gasteiger partial charge in [-0.15, -0.1) is 0 Å². The Labute approximate surface area is 194 Å². The van der Waals surface area contributed by atoms with E-state index in [9.17, 15) is 0 Å². The summed E-state index contributed by atoms with van der Waals surface area (Å²) >= 11 is 0. The summed E-state index contributed by atoms with van der Waals surface area (Å²) in [6.07, 6.45) is 25.1. The van der Waals surface area contributed by atoms with E-state index in [1.54, 1.807) is 49.7 Å². The Morgan fingerprint density at radius 3 is 1.94 bits per heavy atom. The molecular formula is C31H50. The number of benzene rings is 1. The van der Waals surface area contributed by atoms with Crippen LogP contribution in [0.2, 0.25) is 0 Å². The van der Waals surface area contributed by atoms with E-state index >= 15 is 0 Å². The van der Waals surface area contributed by atoms with Gasteiger partial charge in [0.25, 0.3) is 0 Å². The fourth-order valence-corrected chi connectivity index (χ4v) is 7.63. The molecule has 4 atom stereocenters. The molecule has 0 aromatic heterocycles. The first kappa shape index (κ1) is 23.4. The second-order valence-electron chi connectivity index (χ2n) is 11.7. The van der Waals surface area contributed by atoms with Gasteiger partial charge in [0.1, 0.15) is 0 Å². The molecule has 3 fully saturated rings. The van der Waals surface area contributed by atoms with E-state index in [4.69, 9.17) is 0 Å². The summed E-state index contributed by atoms with van der Waals surface area (Å²) < 4.78 is 0. The third-order valence-corrected chi connectivity index (χ3v) is 9.70. The van der Waals surface area contributed by atoms with Gasteiger partial charge < -0.3 is 0 Å². The first-order valence-electron chi connectivity index (χ1n) is 14.4. The molecule has 174 valence electrons. The molecule has 3 saturated carbocycles. The lowest BCUT2D eigenvalue weighted by Crippen LogP contribution is -2.34. The van der Waals surface area contributed by atoms with Crippen LogP contribution in [0.3, 0.4) is 0 Å². The molecule has 0 heterocycles. The zero-order chi connectivity index (χ0) is 21.5. The maximum atomic E-state index is 2.47. The number of hydrogen-bond acceptors (Lipinski definition) is 0. The molecule has 0 nitrogen and oxygen atoms in total. The molecule has 0 saturated heterocycles. The largest absolute Gasteiger partial charge is 0.0654 e. The van der Waals surface area contributed by atoms with Crippen LogP contribution in [0.4, 0.5) is 0 Å². The highest BCUT2D eigenvalue weighted by atomic mass is 14.4. The van der Waals surface area contributed by atoms with Crippen LogP contribution in [0.15, 0.2) is 24.3 Å². The number of aryl methyl sites for hydroxylation is 1. The van der Waals surface area contributed by atoms with Gasteiger partial charge in [-0.05, 0) is 111 Å². The molecule has 0 bridgehead atoms. The maximum absolute atomic E-state index is 2.47. The quantitative estimate of drug-likeness (QED) is 0.347. The highest BCUT2D eigenvalue weighted by Crippen LogP contribution is 2.51. The van der Waals surface area contributed by atoms with Gasteiger partial charge in [0, 0.05) is 0 Å². The average molecular weight is 423 g/mol. The molecule has 0 amide bonds. The molecule has 0 aliphatic heterocycles. The van der Waals surface area contributed by atoms with E-state index in [1.807, 2.05) is 0 Å². The van der Waals surface area contributed by atoms with Crippen LogP contribution in [0.1, 0.15) is 134 Å². The molecule has 0 N–H and O–H groups in total. The fourth-order valence-electron chi connectivity index (χ4n) is 7.63. The van der Waals surface area contributed by atoms with Crippen molar-refractivity contribution in [3.63, 3.8) is 0 Å². The highest BCUT2D eigenvalue weighted by Gasteiger charge is 2.39. The number of rotatable bonds is 9. The van der Waals surface area contributed by atoms with Gasteiger partial charge in [-0.25, -0.2) is 0 Å². The fraction of sp³-hybridized carbons (Fsp3) is 0.806. The van der Waals surface area contributed by atoms with Crippen molar-refractivity contribution < 1.29 is 0 Å². The lowest BCUT2D eigenvalue weighted by Gasteiger charge is -2.45. The third-order valence-electron chi connectivity index (χ3n) is 9.70. The lowest BCUT2D eigenvalue weighted by molar-refractivity contribution is 0.0710. The van der Waals surface area contributed by atoms with Crippen molar-refractivity contribution in [3.8, 4) is 0 Å². The molecule has 1 aromatic rings. The normalized spacial score (nSPS) is 33.7. The Bertz CT molecular complexity index is 620. The van der Waals surface area contributed by atoms with Gasteiger partial charge in [-0.1, -0.05) is 83.1 Å². The molecule has 4 rings (SSSR count). The van der Waals surface area contributed by atoms with Crippen LogP contribution in [0.5, 0.6) is 0 Å². The molecule has 0 radical (unpaired) electrons. The molecule has 0 spiro atoms. The Morgan fingerprint density at radius 2 is 1.23 bits per heavy atom. The first-order valence-corrected chi connectivity index (χ1v) is 14.4. The van der Waals surface area contributed by atoms with E-state index in [2.05, 4.69) is 38.1 Å². The van der Waals surface area contributed by atoms with Gasteiger partial charge in [0.2, 0.25) is 0 Å². The molecule has 1 aromatic carbocycles. The second kappa shape index (κ2) is 11.9. The molecule has 3 aliphatic rings. The van der Waals surface area contributed by atoms with Crippen molar-refractivity contribution in [3.05, 3.63) is 35.4 Å². The number of fused-ring (bicyclic) bond motifs is 1. The van der Waals surface area contributed by atoms with Crippen molar-refractivity contribution in [2.45, 2.75) is 129 Å². The van der Waals surface area contributed by atoms with Gasteiger partial charge in [0.15, 0.2) is 0 Å². The van der Waals surface area contributed by atoms with Crippen molar-refractivity contribution >= 4 is 0 Å². The summed E-state index contributed by atoms with van der Waals surface area (Å²) in [7, 11) is 0. The van der Waals surface area contributed by atoms with Crippen molar-refractivity contribution in [2.24, 2.45) is 29.6 Å². The van der Waals surface area contributed by atoms with E-state index in [0.29, 0.717) is 0 Å². The Hall–Kier alpha value is -0.780. The van der Waals surface area contributed by atoms with Crippen LogP contribution in [0.25, 0.3) is 0 Å². The van der Waals surface area contributed by atoms with Gasteiger partial charge >= 0.3 is 0 Å². The minimum Gasteiger partial charge on any atom is -0.0654 e. The molecular weight excluding hydrogens is 372 g/mol. The molecule has 4 unspecified atom stereocenters.